The number of nitrogens with one attached hydrogen (secondary N) is 1. The minimum absolute atomic E-state index is 0.368. The lowest BCUT2D eigenvalue weighted by molar-refractivity contribution is -0.138. The number of aliphatic carboxylic acids is 1. The number of aromatic nitrogens is 1. The number of H-pyrrole nitrogens is 1. The van der Waals surface area contributed by atoms with E-state index in [1.807, 2.05) is 0 Å². The van der Waals surface area contributed by atoms with Crippen LogP contribution >= 0.6 is 0 Å². The van der Waals surface area contributed by atoms with Gasteiger partial charge in [0, 0.05) is 17.1 Å². The van der Waals surface area contributed by atoms with Crippen LogP contribution in [0.15, 0.2) is 24.4 Å². The summed E-state index contributed by atoms with van der Waals surface area (Å²) in [6, 6.07) is 4.63. The second kappa shape index (κ2) is 3.38. The molecule has 0 aliphatic carbocycles. The van der Waals surface area contributed by atoms with Crippen LogP contribution in [0.2, 0.25) is 0 Å². The van der Waals surface area contributed by atoms with Gasteiger partial charge < -0.3 is 10.1 Å². The van der Waals surface area contributed by atoms with Crippen molar-refractivity contribution in [3.05, 3.63) is 35.8 Å². The zero-order chi connectivity index (χ0) is 11.0. The molecule has 0 fully saturated rings. The molecular formula is C11H10FNO2. The van der Waals surface area contributed by atoms with Crippen molar-refractivity contribution in [2.75, 3.05) is 0 Å². The third-order valence-corrected chi connectivity index (χ3v) is 2.52. The van der Waals surface area contributed by atoms with Gasteiger partial charge in [-0.2, -0.15) is 0 Å². The molecule has 0 amide bonds. The van der Waals surface area contributed by atoms with Gasteiger partial charge in [-0.15, -0.1) is 0 Å². The summed E-state index contributed by atoms with van der Waals surface area (Å²) in [5, 5.41) is 9.24. The molecule has 78 valence electrons. The first-order valence-corrected chi connectivity index (χ1v) is 4.59. The van der Waals surface area contributed by atoms with Gasteiger partial charge in [0.1, 0.15) is 5.82 Å². The fourth-order valence-electron chi connectivity index (χ4n) is 1.64. The number of fused-ring (bicyclic) bond motifs is 1. The van der Waals surface area contributed by atoms with Gasteiger partial charge in [-0.3, -0.25) is 4.79 Å². The zero-order valence-corrected chi connectivity index (χ0v) is 8.12. The van der Waals surface area contributed by atoms with E-state index in [1.54, 1.807) is 18.3 Å². The summed E-state index contributed by atoms with van der Waals surface area (Å²) < 4.78 is 13.5. The summed E-state index contributed by atoms with van der Waals surface area (Å²) in [5.74, 6) is -2.06. The third-order valence-electron chi connectivity index (χ3n) is 2.52. The predicted octanol–water partition coefficient (Wildman–Crippen LogP) is 2.50. The normalized spacial score (nSPS) is 12.9. The highest BCUT2D eigenvalue weighted by molar-refractivity contribution is 5.89. The Hall–Kier alpha value is -1.84. The van der Waals surface area contributed by atoms with E-state index in [1.165, 1.54) is 13.0 Å². The largest absolute Gasteiger partial charge is 0.481 e. The number of carbonyl (C=O) groups is 1. The maximum atomic E-state index is 13.5. The molecule has 4 heteroatoms. The molecule has 3 nitrogen and oxygen atoms in total. The summed E-state index contributed by atoms with van der Waals surface area (Å²) in [7, 11) is 0. The molecular weight excluding hydrogens is 197 g/mol. The number of carboxylic acid groups (broad SMARTS) is 1. The van der Waals surface area contributed by atoms with E-state index >= 15 is 0 Å². The molecule has 0 saturated heterocycles. The molecule has 1 aromatic heterocycles. The van der Waals surface area contributed by atoms with Crippen molar-refractivity contribution in [1.29, 1.82) is 0 Å². The number of hydrogen-bond donors (Lipinski definition) is 2. The quantitative estimate of drug-likeness (QED) is 0.794. The smallest absolute Gasteiger partial charge is 0.310 e. The van der Waals surface area contributed by atoms with E-state index in [4.69, 9.17) is 5.11 Å². The van der Waals surface area contributed by atoms with Crippen LogP contribution in [0.1, 0.15) is 18.4 Å². The van der Waals surface area contributed by atoms with Crippen LogP contribution in [0.4, 0.5) is 4.39 Å². The lowest BCUT2D eigenvalue weighted by Gasteiger charge is -2.04. The average molecular weight is 207 g/mol. The molecule has 0 radical (unpaired) electrons. The Kier molecular flexibility index (Phi) is 2.19. The van der Waals surface area contributed by atoms with Crippen molar-refractivity contribution < 1.29 is 14.3 Å². The summed E-state index contributed by atoms with van der Waals surface area (Å²) in [6.07, 6.45) is 1.55. The first-order valence-electron chi connectivity index (χ1n) is 4.59. The number of halogens is 1. The molecule has 0 spiro atoms. The summed E-state index contributed by atoms with van der Waals surface area (Å²) >= 11 is 0. The standard InChI is InChI=1S/C11H10FNO2/c1-6(11(14)15)7-5-13-9-4-2-3-8(12)10(7)9/h2-6,13H,1H3,(H,14,15). The van der Waals surface area contributed by atoms with Gasteiger partial charge in [0.15, 0.2) is 0 Å². The molecule has 2 rings (SSSR count). The predicted molar refractivity (Wildman–Crippen MR) is 54.3 cm³/mol. The summed E-state index contributed by atoms with van der Waals surface area (Å²) in [4.78, 5) is 13.7. The minimum atomic E-state index is -0.959. The second-order valence-electron chi connectivity index (χ2n) is 3.47. The molecule has 0 saturated carbocycles. The zero-order valence-electron chi connectivity index (χ0n) is 8.12. The van der Waals surface area contributed by atoms with Crippen LogP contribution in [0, 0.1) is 5.82 Å². The first kappa shape index (κ1) is 9.71. The Balaban J connectivity index is 2.67. The van der Waals surface area contributed by atoms with Crippen molar-refractivity contribution in [1.82, 2.24) is 4.98 Å². The summed E-state index contributed by atoms with van der Waals surface area (Å²) in [6.45, 7) is 1.54. The lowest BCUT2D eigenvalue weighted by atomic mass is 10.0. The van der Waals surface area contributed by atoms with Crippen LogP contribution in [0.25, 0.3) is 10.9 Å². The Morgan fingerprint density at radius 1 is 1.53 bits per heavy atom. The Bertz CT molecular complexity index is 518. The summed E-state index contributed by atoms with van der Waals surface area (Å²) in [5.41, 5.74) is 1.11. The maximum absolute atomic E-state index is 13.5. The van der Waals surface area contributed by atoms with E-state index in [2.05, 4.69) is 4.98 Å². The highest BCUT2D eigenvalue weighted by atomic mass is 19.1. The monoisotopic (exact) mass is 207 g/mol. The van der Waals surface area contributed by atoms with E-state index in [9.17, 15) is 9.18 Å². The number of aromatic amines is 1. The van der Waals surface area contributed by atoms with E-state index in [-0.39, 0.29) is 0 Å². The highest BCUT2D eigenvalue weighted by Crippen LogP contribution is 2.27. The Morgan fingerprint density at radius 2 is 2.27 bits per heavy atom. The van der Waals surface area contributed by atoms with Crippen LogP contribution in [0.3, 0.4) is 0 Å². The van der Waals surface area contributed by atoms with Crippen molar-refractivity contribution in [2.24, 2.45) is 0 Å². The molecule has 1 heterocycles. The van der Waals surface area contributed by atoms with E-state index in [0.29, 0.717) is 16.5 Å². The molecule has 0 aliphatic rings. The number of rotatable bonds is 2. The molecule has 0 aliphatic heterocycles. The fraction of sp³-hybridized carbons (Fsp3) is 0.182. The van der Waals surface area contributed by atoms with Gasteiger partial charge in [-0.25, -0.2) is 4.39 Å². The fourth-order valence-corrected chi connectivity index (χ4v) is 1.64. The average Bonchev–Trinajstić information content (AvgIpc) is 2.61. The molecule has 1 atom stereocenters. The SMILES string of the molecule is CC(C(=O)O)c1c[nH]c2cccc(F)c12. The molecule has 1 unspecified atom stereocenters. The maximum Gasteiger partial charge on any atom is 0.310 e. The molecule has 2 aromatic rings. The molecule has 1 aromatic carbocycles. The number of carboxylic acids is 1. The first-order chi connectivity index (χ1) is 7.11. The minimum Gasteiger partial charge on any atom is -0.481 e. The van der Waals surface area contributed by atoms with Gasteiger partial charge in [0.05, 0.1) is 5.92 Å². The number of benzene rings is 1. The van der Waals surface area contributed by atoms with Crippen LogP contribution in [-0.2, 0) is 4.79 Å². The van der Waals surface area contributed by atoms with Gasteiger partial charge >= 0.3 is 5.97 Å². The Morgan fingerprint density at radius 3 is 2.93 bits per heavy atom. The topological polar surface area (TPSA) is 53.1 Å². The molecule has 0 bridgehead atoms. The third kappa shape index (κ3) is 1.48. The van der Waals surface area contributed by atoms with Crippen LogP contribution < -0.4 is 0 Å². The van der Waals surface area contributed by atoms with Crippen molar-refractivity contribution >= 4 is 16.9 Å². The van der Waals surface area contributed by atoms with Crippen molar-refractivity contribution in [3.63, 3.8) is 0 Å². The Labute approximate surface area is 85.5 Å². The van der Waals surface area contributed by atoms with Gasteiger partial charge in [0.2, 0.25) is 0 Å². The van der Waals surface area contributed by atoms with E-state index < -0.39 is 17.7 Å². The van der Waals surface area contributed by atoms with Gasteiger partial charge in [-0.1, -0.05) is 6.07 Å². The highest BCUT2D eigenvalue weighted by Gasteiger charge is 2.19. The lowest BCUT2D eigenvalue weighted by Crippen LogP contribution is -2.06. The molecule has 15 heavy (non-hydrogen) atoms. The van der Waals surface area contributed by atoms with Gasteiger partial charge in [-0.05, 0) is 24.6 Å². The van der Waals surface area contributed by atoms with Crippen LogP contribution in [0.5, 0.6) is 0 Å². The molecule has 2 N–H and O–H groups in total. The van der Waals surface area contributed by atoms with Crippen molar-refractivity contribution in [3.8, 4) is 0 Å². The van der Waals surface area contributed by atoms with Gasteiger partial charge in [0.25, 0.3) is 0 Å². The van der Waals surface area contributed by atoms with E-state index in [0.717, 1.165) is 0 Å². The van der Waals surface area contributed by atoms with Crippen molar-refractivity contribution in [2.45, 2.75) is 12.8 Å². The second-order valence-corrected chi connectivity index (χ2v) is 3.47. The number of hydrogen-bond acceptors (Lipinski definition) is 1. The van der Waals surface area contributed by atoms with Crippen LogP contribution in [-0.4, -0.2) is 16.1 Å².